The predicted molar refractivity (Wildman–Crippen MR) is 71.1 cm³/mol. The van der Waals surface area contributed by atoms with E-state index < -0.39 is 18.7 Å². The molecule has 0 amide bonds. The average molecular weight is 308 g/mol. The molecule has 0 aliphatic carbocycles. The summed E-state index contributed by atoms with van der Waals surface area (Å²) in [7, 11) is 0. The Balaban J connectivity index is 0.00000441. The minimum atomic E-state index is -4.42. The summed E-state index contributed by atoms with van der Waals surface area (Å²) >= 11 is 0. The van der Waals surface area contributed by atoms with Crippen LogP contribution in [0.1, 0.15) is 14.3 Å². The molecule has 1 aromatic rings. The average Bonchev–Trinajstić information content (AvgIpc) is 2.41. The molecule has 0 atom stereocenters. The van der Waals surface area contributed by atoms with Crippen LogP contribution in [-0.4, -0.2) is 47.0 Å². The van der Waals surface area contributed by atoms with Gasteiger partial charge in [0, 0.05) is 12.8 Å². The molecule has 7 nitrogen and oxygen atoms in total. The lowest BCUT2D eigenvalue weighted by Gasteiger charge is -2.08. The summed E-state index contributed by atoms with van der Waals surface area (Å²) in [5, 5.41) is 11.0. The molecular weight excluding hydrogens is 291 g/mol. The van der Waals surface area contributed by atoms with Gasteiger partial charge in [-0.25, -0.2) is 9.98 Å². The number of hydrogen-bond acceptors (Lipinski definition) is 5. The highest BCUT2D eigenvalue weighted by molar-refractivity contribution is 5.91. The Morgan fingerprint density at radius 2 is 2.24 bits per heavy atom. The Bertz CT molecular complexity index is 473. The van der Waals surface area contributed by atoms with Gasteiger partial charge in [0.25, 0.3) is 0 Å². The fourth-order valence-corrected chi connectivity index (χ4v) is 1.20. The summed E-state index contributed by atoms with van der Waals surface area (Å²) in [6, 6.07) is 1.47. The first kappa shape index (κ1) is 17.0. The van der Waals surface area contributed by atoms with Crippen LogP contribution in [0.2, 0.25) is 0 Å². The molecule has 10 heteroatoms. The van der Waals surface area contributed by atoms with Crippen LogP contribution in [0, 0.1) is 0 Å². The summed E-state index contributed by atoms with van der Waals surface area (Å²) in [6.07, 6.45) is -1.83. The number of anilines is 1. The van der Waals surface area contributed by atoms with E-state index in [0.717, 1.165) is 0 Å². The lowest BCUT2D eigenvalue weighted by Crippen LogP contribution is -2.26. The van der Waals surface area contributed by atoms with Gasteiger partial charge in [0.15, 0.2) is 5.96 Å². The van der Waals surface area contributed by atoms with Crippen LogP contribution in [0.3, 0.4) is 0 Å². The molecule has 1 aromatic heterocycles. The van der Waals surface area contributed by atoms with Gasteiger partial charge in [-0.1, -0.05) is 0 Å². The maximum absolute atomic E-state index is 12.0. The van der Waals surface area contributed by atoms with E-state index in [9.17, 15) is 13.2 Å². The molecular formula is C11H17F3N5O2+. The molecule has 0 aromatic carbocycles. The minimum Gasteiger partial charge on any atom is -0.463 e. The summed E-state index contributed by atoms with van der Waals surface area (Å²) < 4.78 is 41.1. The zero-order chi connectivity index (χ0) is 15.7. The van der Waals surface area contributed by atoms with Gasteiger partial charge < -0.3 is 20.9 Å². The second kappa shape index (κ2) is 8.25. The maximum atomic E-state index is 12.0. The van der Waals surface area contributed by atoms with Crippen molar-refractivity contribution < 1.29 is 24.4 Å². The van der Waals surface area contributed by atoms with Crippen molar-refractivity contribution in [1.82, 2.24) is 9.97 Å². The number of unbranched alkanes of at least 4 members (excludes halogenated alkanes) is 1. The zero-order valence-corrected chi connectivity index (χ0v) is 11.1. The monoisotopic (exact) mass is 308 g/mol. The summed E-state index contributed by atoms with van der Waals surface area (Å²) in [5.74, 6) is -0.233. The number of aliphatic hydroxyl groups is 1. The van der Waals surface area contributed by atoms with Crippen molar-refractivity contribution in [2.45, 2.75) is 19.0 Å². The number of aromatic nitrogens is 2. The smallest absolute Gasteiger partial charge is 0.463 e. The maximum Gasteiger partial charge on any atom is 1.00 e. The molecule has 0 bridgehead atoms. The highest BCUT2D eigenvalue weighted by Gasteiger charge is 2.26. The molecule has 21 heavy (non-hydrogen) atoms. The molecule has 4 N–H and O–H groups in total. The standard InChI is InChI=1S/C11H16F3N5O2/c12-11(13,14)7-17-9(15)18-8-3-4-16-10(19-8)21-6-2-1-5-20/h3-4,20H,1-2,5-7H2,(H3,15,16,17,18,19)/p+1. The summed E-state index contributed by atoms with van der Waals surface area (Å²) in [6.45, 7) is -0.985. The number of aliphatic hydroxyl groups excluding tert-OH is 1. The van der Waals surface area contributed by atoms with E-state index >= 15 is 0 Å². The highest BCUT2D eigenvalue weighted by atomic mass is 19.4. The Morgan fingerprint density at radius 3 is 2.90 bits per heavy atom. The second-order valence-corrected chi connectivity index (χ2v) is 3.95. The van der Waals surface area contributed by atoms with E-state index in [1.54, 1.807) is 0 Å². The van der Waals surface area contributed by atoms with Crippen LogP contribution < -0.4 is 15.8 Å². The third-order valence-electron chi connectivity index (χ3n) is 2.10. The predicted octanol–water partition coefficient (Wildman–Crippen LogP) is 1.03. The molecule has 0 fully saturated rings. The Labute approximate surface area is 120 Å². The Hall–Kier alpha value is -2.10. The van der Waals surface area contributed by atoms with Crippen molar-refractivity contribution >= 4 is 11.8 Å². The van der Waals surface area contributed by atoms with Gasteiger partial charge in [0.05, 0.1) is 6.61 Å². The quantitative estimate of drug-likeness (QED) is 0.395. The SMILES string of the molecule is N/C(=N/CC(F)(F)F)Nc1ccnc(OCCCCO)n1.[H+]. The first-order chi connectivity index (χ1) is 9.90. The van der Waals surface area contributed by atoms with E-state index in [2.05, 4.69) is 20.3 Å². The van der Waals surface area contributed by atoms with Crippen LogP contribution in [-0.2, 0) is 0 Å². The largest absolute Gasteiger partial charge is 1.00 e. The van der Waals surface area contributed by atoms with E-state index in [1.165, 1.54) is 12.3 Å². The molecule has 0 unspecified atom stereocenters. The molecule has 0 aliphatic rings. The third-order valence-corrected chi connectivity index (χ3v) is 2.10. The van der Waals surface area contributed by atoms with E-state index in [4.69, 9.17) is 15.6 Å². The lowest BCUT2D eigenvalue weighted by atomic mass is 10.3. The molecule has 0 saturated carbocycles. The molecule has 1 heterocycles. The van der Waals surface area contributed by atoms with Gasteiger partial charge in [-0.15, -0.1) is 0 Å². The van der Waals surface area contributed by atoms with Gasteiger partial charge >= 0.3 is 13.6 Å². The fraction of sp³-hybridized carbons (Fsp3) is 0.545. The van der Waals surface area contributed by atoms with E-state index in [0.29, 0.717) is 19.4 Å². The molecule has 0 radical (unpaired) electrons. The number of nitrogens with one attached hydrogen (secondary N) is 1. The zero-order valence-electron chi connectivity index (χ0n) is 12.1. The van der Waals surface area contributed by atoms with Gasteiger partial charge in [0.1, 0.15) is 12.4 Å². The Morgan fingerprint density at radius 1 is 1.48 bits per heavy atom. The molecule has 0 aliphatic heterocycles. The van der Waals surface area contributed by atoms with E-state index in [1.807, 2.05) is 0 Å². The Kier molecular flexibility index (Phi) is 6.66. The van der Waals surface area contributed by atoms with Gasteiger partial charge in [-0.3, -0.25) is 0 Å². The fourth-order valence-electron chi connectivity index (χ4n) is 1.20. The van der Waals surface area contributed by atoms with Crippen LogP contribution in [0.25, 0.3) is 0 Å². The van der Waals surface area contributed by atoms with E-state index in [-0.39, 0.29) is 19.9 Å². The second-order valence-electron chi connectivity index (χ2n) is 3.95. The van der Waals surface area contributed by atoms with Gasteiger partial charge in [-0.2, -0.15) is 18.2 Å². The van der Waals surface area contributed by atoms with Crippen molar-refractivity contribution in [3.05, 3.63) is 12.3 Å². The number of guanidine groups is 1. The van der Waals surface area contributed by atoms with Crippen LogP contribution in [0.5, 0.6) is 6.01 Å². The van der Waals surface area contributed by atoms with Crippen molar-refractivity contribution in [2.24, 2.45) is 10.7 Å². The van der Waals surface area contributed by atoms with Crippen LogP contribution in [0.4, 0.5) is 19.0 Å². The van der Waals surface area contributed by atoms with Gasteiger partial charge in [-0.05, 0) is 18.9 Å². The third kappa shape index (κ3) is 7.92. The first-order valence-electron chi connectivity index (χ1n) is 6.11. The lowest BCUT2D eigenvalue weighted by molar-refractivity contribution is -0.118. The highest BCUT2D eigenvalue weighted by Crippen LogP contribution is 2.14. The van der Waals surface area contributed by atoms with Crippen molar-refractivity contribution in [2.75, 3.05) is 25.1 Å². The number of aliphatic imine (C=N–C) groups is 1. The number of hydrogen-bond donors (Lipinski definition) is 3. The number of halogens is 3. The molecule has 0 saturated heterocycles. The number of nitrogens with zero attached hydrogens (tertiary/aromatic N) is 3. The number of rotatable bonds is 7. The van der Waals surface area contributed by atoms with Crippen LogP contribution >= 0.6 is 0 Å². The number of alkyl halides is 3. The molecule has 118 valence electrons. The summed E-state index contributed by atoms with van der Waals surface area (Å²) in [5.41, 5.74) is 5.31. The van der Waals surface area contributed by atoms with Gasteiger partial charge in [0.2, 0.25) is 0 Å². The van der Waals surface area contributed by atoms with Crippen molar-refractivity contribution in [3.63, 3.8) is 0 Å². The van der Waals surface area contributed by atoms with Crippen molar-refractivity contribution in [3.8, 4) is 6.01 Å². The molecule has 0 spiro atoms. The number of ether oxygens (including phenoxy) is 1. The summed E-state index contributed by atoms with van der Waals surface area (Å²) in [4.78, 5) is 10.9. The topological polar surface area (TPSA) is 106 Å². The number of nitrogens with two attached hydrogens (primary N) is 1. The normalized spacial score (nSPS) is 12.3. The minimum absolute atomic E-state index is 0. The molecule has 1 rings (SSSR count). The van der Waals surface area contributed by atoms with Crippen molar-refractivity contribution in [1.29, 1.82) is 0 Å². The first-order valence-corrected chi connectivity index (χ1v) is 6.11. The van der Waals surface area contributed by atoms with Crippen LogP contribution in [0.15, 0.2) is 17.3 Å².